The van der Waals surface area contributed by atoms with Crippen molar-refractivity contribution < 1.29 is 18.3 Å². The highest BCUT2D eigenvalue weighted by Gasteiger charge is 2.32. The van der Waals surface area contributed by atoms with Crippen LogP contribution in [-0.2, 0) is 0 Å². The maximum absolute atomic E-state index is 12.5. The van der Waals surface area contributed by atoms with Crippen LogP contribution in [0, 0.1) is 0 Å². The molecule has 0 bridgehead atoms. The number of nitrogens with zero attached hydrogens (tertiary/aromatic N) is 4. The van der Waals surface area contributed by atoms with Crippen LogP contribution < -0.4 is 10.2 Å². The Morgan fingerprint density at radius 3 is 2.57 bits per heavy atom. The Hall–Kier alpha value is -2.10. The van der Waals surface area contributed by atoms with Gasteiger partial charge in [-0.1, -0.05) is 23.7 Å². The van der Waals surface area contributed by atoms with Crippen LogP contribution >= 0.6 is 11.6 Å². The minimum absolute atomic E-state index is 0.232. The van der Waals surface area contributed by atoms with Crippen molar-refractivity contribution in [2.45, 2.75) is 12.3 Å². The Bertz CT molecular complexity index is 784. The van der Waals surface area contributed by atoms with Crippen molar-refractivity contribution in [2.75, 3.05) is 49.5 Å². The Morgan fingerprint density at radius 2 is 1.89 bits per heavy atom. The monoisotopic (exact) mass is 415 g/mol. The van der Waals surface area contributed by atoms with Gasteiger partial charge in [-0.2, -0.15) is 13.2 Å². The first-order valence-electron chi connectivity index (χ1n) is 8.84. The van der Waals surface area contributed by atoms with Gasteiger partial charge in [0.05, 0.1) is 12.6 Å². The lowest BCUT2D eigenvalue weighted by Crippen LogP contribution is -2.49. The van der Waals surface area contributed by atoms with Crippen LogP contribution in [0.5, 0.6) is 0 Å². The van der Waals surface area contributed by atoms with Gasteiger partial charge in [-0.25, -0.2) is 9.97 Å². The summed E-state index contributed by atoms with van der Waals surface area (Å²) in [4.78, 5) is 11.7. The van der Waals surface area contributed by atoms with Crippen LogP contribution in [-0.4, -0.2) is 65.4 Å². The molecule has 2 N–H and O–H groups in total. The molecular weight excluding hydrogens is 395 g/mol. The van der Waals surface area contributed by atoms with Crippen molar-refractivity contribution in [3.05, 3.63) is 47.2 Å². The van der Waals surface area contributed by atoms with E-state index in [2.05, 4.69) is 15.3 Å². The van der Waals surface area contributed by atoms with Crippen LogP contribution in [0.1, 0.15) is 11.7 Å². The van der Waals surface area contributed by atoms with Crippen LogP contribution in [0.3, 0.4) is 0 Å². The molecule has 28 heavy (non-hydrogen) atoms. The van der Waals surface area contributed by atoms with E-state index in [0.29, 0.717) is 48.4 Å². The molecule has 1 aliphatic heterocycles. The fourth-order valence-corrected chi connectivity index (χ4v) is 3.24. The molecule has 3 rings (SSSR count). The molecule has 0 spiro atoms. The summed E-state index contributed by atoms with van der Waals surface area (Å²) in [5.74, 6) is 1.17. The summed E-state index contributed by atoms with van der Waals surface area (Å²) in [6.45, 7) is 0.893. The second-order valence-corrected chi connectivity index (χ2v) is 7.03. The van der Waals surface area contributed by atoms with E-state index in [0.717, 1.165) is 0 Å². The highest BCUT2D eigenvalue weighted by atomic mass is 35.5. The van der Waals surface area contributed by atoms with E-state index < -0.39 is 18.8 Å². The van der Waals surface area contributed by atoms with Gasteiger partial charge in [0.15, 0.2) is 0 Å². The molecule has 1 aliphatic rings. The van der Waals surface area contributed by atoms with Crippen molar-refractivity contribution in [3.63, 3.8) is 0 Å². The smallest absolute Gasteiger partial charge is 0.387 e. The summed E-state index contributed by atoms with van der Waals surface area (Å²) in [5.41, 5.74) is 0.690. The SMILES string of the molecule is OC(CNc1cc(N2CCN(CC(F)(F)F)CC2)ncn1)c1cccc(Cl)c1. The number of aliphatic hydroxyl groups excluding tert-OH is 1. The van der Waals surface area contributed by atoms with Gasteiger partial charge in [-0.3, -0.25) is 4.90 Å². The van der Waals surface area contributed by atoms with Crippen LogP contribution in [0.15, 0.2) is 36.7 Å². The second kappa shape index (κ2) is 8.93. The quantitative estimate of drug-likeness (QED) is 0.756. The predicted molar refractivity (Wildman–Crippen MR) is 102 cm³/mol. The summed E-state index contributed by atoms with van der Waals surface area (Å²) in [6.07, 6.45) is -3.55. The fraction of sp³-hybridized carbons (Fsp3) is 0.444. The zero-order valence-electron chi connectivity index (χ0n) is 15.0. The first-order valence-corrected chi connectivity index (χ1v) is 9.21. The van der Waals surface area contributed by atoms with Gasteiger partial charge in [-0.05, 0) is 17.7 Å². The van der Waals surface area contributed by atoms with Crippen LogP contribution in [0.4, 0.5) is 24.8 Å². The predicted octanol–water partition coefficient (Wildman–Crippen LogP) is 2.96. The first kappa shape index (κ1) is 20.6. The van der Waals surface area contributed by atoms with E-state index in [1.807, 2.05) is 4.90 Å². The second-order valence-electron chi connectivity index (χ2n) is 6.59. The molecule has 2 aromatic rings. The maximum Gasteiger partial charge on any atom is 0.401 e. The molecule has 6 nitrogen and oxygen atoms in total. The number of rotatable bonds is 6. The molecule has 10 heteroatoms. The lowest BCUT2D eigenvalue weighted by molar-refractivity contribution is -0.146. The molecule has 0 amide bonds. The lowest BCUT2D eigenvalue weighted by Gasteiger charge is -2.35. The molecule has 1 unspecified atom stereocenters. The number of piperazine rings is 1. The number of aromatic nitrogens is 2. The number of nitrogens with one attached hydrogen (secondary N) is 1. The topological polar surface area (TPSA) is 64.5 Å². The Balaban J connectivity index is 1.54. The number of halogens is 4. The molecule has 1 aromatic carbocycles. The van der Waals surface area contributed by atoms with Crippen molar-refractivity contribution in [1.29, 1.82) is 0 Å². The Morgan fingerprint density at radius 1 is 1.14 bits per heavy atom. The van der Waals surface area contributed by atoms with E-state index in [1.54, 1.807) is 30.3 Å². The molecule has 152 valence electrons. The van der Waals surface area contributed by atoms with Crippen molar-refractivity contribution >= 4 is 23.2 Å². The molecular formula is C18H21ClF3N5O. The maximum atomic E-state index is 12.5. The van der Waals surface area contributed by atoms with Gasteiger partial charge >= 0.3 is 6.18 Å². The standard InChI is InChI=1S/C18H21ClF3N5O/c19-14-3-1-2-13(8-14)15(28)10-23-16-9-17(25-12-24-16)27-6-4-26(5-7-27)11-18(20,21)22/h1-3,8-9,12,15,28H,4-7,10-11H2,(H,23,24,25). The highest BCUT2D eigenvalue weighted by Crippen LogP contribution is 2.21. The Labute approximate surface area is 166 Å². The van der Waals surface area contributed by atoms with Crippen molar-refractivity contribution in [1.82, 2.24) is 14.9 Å². The summed E-state index contributed by atoms with van der Waals surface area (Å²) in [6, 6.07) is 8.70. The zero-order valence-corrected chi connectivity index (χ0v) is 15.8. The normalized spacial score (nSPS) is 16.8. The van der Waals surface area contributed by atoms with E-state index >= 15 is 0 Å². The van der Waals surface area contributed by atoms with Crippen molar-refractivity contribution in [2.24, 2.45) is 0 Å². The number of anilines is 2. The average Bonchev–Trinajstić information content (AvgIpc) is 2.66. The van der Waals surface area contributed by atoms with Gasteiger partial charge in [-0.15, -0.1) is 0 Å². The molecule has 1 saturated heterocycles. The average molecular weight is 416 g/mol. The van der Waals surface area contributed by atoms with Crippen LogP contribution in [0.2, 0.25) is 5.02 Å². The van der Waals surface area contributed by atoms with E-state index in [-0.39, 0.29) is 6.54 Å². The van der Waals surface area contributed by atoms with E-state index in [9.17, 15) is 18.3 Å². The Kier molecular flexibility index (Phi) is 6.58. The van der Waals surface area contributed by atoms with Gasteiger partial charge in [0.1, 0.15) is 18.0 Å². The third-order valence-corrected chi connectivity index (χ3v) is 4.70. The number of aliphatic hydroxyl groups is 1. The lowest BCUT2D eigenvalue weighted by atomic mass is 10.1. The van der Waals surface area contributed by atoms with Crippen molar-refractivity contribution in [3.8, 4) is 0 Å². The fourth-order valence-electron chi connectivity index (χ4n) is 3.04. The molecule has 1 fully saturated rings. The number of hydrogen-bond acceptors (Lipinski definition) is 6. The first-order chi connectivity index (χ1) is 13.3. The third kappa shape index (κ3) is 5.95. The number of alkyl halides is 3. The molecule has 0 saturated carbocycles. The molecule has 1 atom stereocenters. The summed E-state index contributed by atoms with van der Waals surface area (Å²) in [5, 5.41) is 13.9. The van der Waals surface area contributed by atoms with Gasteiger partial charge in [0.25, 0.3) is 0 Å². The van der Waals surface area contributed by atoms with Crippen LogP contribution in [0.25, 0.3) is 0 Å². The minimum atomic E-state index is -4.18. The van der Waals surface area contributed by atoms with E-state index in [4.69, 9.17) is 11.6 Å². The van der Waals surface area contributed by atoms with E-state index in [1.165, 1.54) is 11.2 Å². The number of benzene rings is 1. The zero-order chi connectivity index (χ0) is 20.1. The largest absolute Gasteiger partial charge is 0.401 e. The minimum Gasteiger partial charge on any atom is -0.387 e. The number of hydrogen-bond donors (Lipinski definition) is 2. The summed E-state index contributed by atoms with van der Waals surface area (Å²) < 4.78 is 37.5. The summed E-state index contributed by atoms with van der Waals surface area (Å²) >= 11 is 5.94. The molecule has 0 aliphatic carbocycles. The summed E-state index contributed by atoms with van der Waals surface area (Å²) in [7, 11) is 0. The third-order valence-electron chi connectivity index (χ3n) is 4.46. The van der Waals surface area contributed by atoms with Gasteiger partial charge in [0, 0.05) is 43.8 Å². The molecule has 0 radical (unpaired) electrons. The van der Waals surface area contributed by atoms with Gasteiger partial charge in [0.2, 0.25) is 0 Å². The highest BCUT2D eigenvalue weighted by molar-refractivity contribution is 6.30. The molecule has 2 heterocycles. The van der Waals surface area contributed by atoms with Gasteiger partial charge < -0.3 is 15.3 Å². The molecule has 1 aromatic heterocycles.